The maximum Gasteiger partial charge on any atom is 0.264 e. The summed E-state index contributed by atoms with van der Waals surface area (Å²) < 4.78 is 27.4. The van der Waals surface area contributed by atoms with E-state index in [1.807, 2.05) is 0 Å². The number of carbonyl (C=O) groups is 1. The van der Waals surface area contributed by atoms with Crippen molar-refractivity contribution in [3.63, 3.8) is 0 Å². The summed E-state index contributed by atoms with van der Waals surface area (Å²) in [5, 5.41) is 3.49. The van der Waals surface area contributed by atoms with Gasteiger partial charge in [-0.3, -0.25) is 9.10 Å². The number of sulfonamides is 1. The van der Waals surface area contributed by atoms with E-state index in [0.29, 0.717) is 10.7 Å². The maximum atomic E-state index is 13.2. The molecule has 3 rings (SSSR count). The number of amides is 1. The van der Waals surface area contributed by atoms with Crippen LogP contribution < -0.4 is 9.62 Å². The molecule has 0 saturated carbocycles. The number of hydrogen-bond donors (Lipinski definition) is 1. The van der Waals surface area contributed by atoms with Gasteiger partial charge in [0.1, 0.15) is 6.54 Å². The standard InChI is InChI=1S/C20H15Cl3N2O3S/c21-14-9-11-15(12-10-14)25(29(27,28)16-5-2-1-3-6-16)13-19(26)24-18-8-4-7-17(22)20(18)23/h1-12H,13H2,(H,24,26). The lowest BCUT2D eigenvalue weighted by molar-refractivity contribution is -0.114. The number of rotatable bonds is 6. The SMILES string of the molecule is O=C(CN(c1ccc(Cl)cc1)S(=O)(=O)c1ccccc1)Nc1cccc(Cl)c1Cl. The number of anilines is 2. The smallest absolute Gasteiger partial charge is 0.264 e. The summed E-state index contributed by atoms with van der Waals surface area (Å²) in [7, 11) is -4.00. The van der Waals surface area contributed by atoms with E-state index in [2.05, 4.69) is 5.32 Å². The zero-order valence-electron chi connectivity index (χ0n) is 14.8. The van der Waals surface area contributed by atoms with Crippen LogP contribution in [0.1, 0.15) is 0 Å². The highest BCUT2D eigenvalue weighted by molar-refractivity contribution is 7.92. The fourth-order valence-corrected chi connectivity index (χ4v) is 4.48. The summed E-state index contributed by atoms with van der Waals surface area (Å²) in [6.45, 7) is -0.471. The number of nitrogens with one attached hydrogen (secondary N) is 1. The number of halogens is 3. The molecule has 0 unspecified atom stereocenters. The first-order chi connectivity index (χ1) is 13.8. The van der Waals surface area contributed by atoms with Gasteiger partial charge >= 0.3 is 0 Å². The molecule has 1 N–H and O–H groups in total. The average molecular weight is 470 g/mol. The monoisotopic (exact) mass is 468 g/mol. The molecule has 0 radical (unpaired) electrons. The summed E-state index contributed by atoms with van der Waals surface area (Å²) in [5.41, 5.74) is 0.586. The Morgan fingerprint density at radius 1 is 0.862 bits per heavy atom. The van der Waals surface area contributed by atoms with Gasteiger partial charge in [-0.1, -0.05) is 59.1 Å². The van der Waals surface area contributed by atoms with E-state index in [1.165, 1.54) is 24.3 Å². The summed E-state index contributed by atoms with van der Waals surface area (Å²) in [4.78, 5) is 12.7. The summed E-state index contributed by atoms with van der Waals surface area (Å²) in [5.74, 6) is -0.580. The van der Waals surface area contributed by atoms with E-state index in [4.69, 9.17) is 34.8 Å². The van der Waals surface area contributed by atoms with E-state index in [0.717, 1.165) is 4.31 Å². The molecule has 5 nitrogen and oxygen atoms in total. The molecule has 3 aromatic rings. The first-order valence-corrected chi connectivity index (χ1v) is 10.9. The van der Waals surface area contributed by atoms with Gasteiger partial charge in [0, 0.05) is 5.02 Å². The van der Waals surface area contributed by atoms with Crippen molar-refractivity contribution in [3.8, 4) is 0 Å². The van der Waals surface area contributed by atoms with Gasteiger partial charge in [-0.2, -0.15) is 0 Å². The van der Waals surface area contributed by atoms with Crippen LogP contribution in [-0.2, 0) is 14.8 Å². The van der Waals surface area contributed by atoms with Crippen molar-refractivity contribution in [1.29, 1.82) is 0 Å². The number of hydrogen-bond acceptors (Lipinski definition) is 3. The van der Waals surface area contributed by atoms with Crippen molar-refractivity contribution in [2.75, 3.05) is 16.2 Å². The Bertz CT molecular complexity index is 1120. The largest absolute Gasteiger partial charge is 0.323 e. The minimum absolute atomic E-state index is 0.0588. The molecule has 1 amide bonds. The number of benzene rings is 3. The van der Waals surface area contributed by atoms with Crippen molar-refractivity contribution in [2.24, 2.45) is 0 Å². The number of nitrogens with zero attached hydrogens (tertiary/aromatic N) is 1. The van der Waals surface area contributed by atoms with E-state index >= 15 is 0 Å². The quantitative estimate of drug-likeness (QED) is 0.520. The van der Waals surface area contributed by atoms with Crippen molar-refractivity contribution in [3.05, 3.63) is 87.9 Å². The van der Waals surface area contributed by atoms with Crippen molar-refractivity contribution < 1.29 is 13.2 Å². The molecule has 0 spiro atoms. The minimum Gasteiger partial charge on any atom is -0.323 e. The van der Waals surface area contributed by atoms with Gasteiger partial charge in [0.25, 0.3) is 10.0 Å². The second-order valence-corrected chi connectivity index (χ2v) is 9.03. The van der Waals surface area contributed by atoms with E-state index < -0.39 is 22.5 Å². The third kappa shape index (κ3) is 5.03. The third-order valence-corrected chi connectivity index (χ3v) is 6.82. The molecule has 150 valence electrons. The molecule has 3 aromatic carbocycles. The lowest BCUT2D eigenvalue weighted by Crippen LogP contribution is -2.38. The molecule has 0 aliphatic carbocycles. The number of carbonyl (C=O) groups excluding carboxylic acids is 1. The molecule has 0 aliphatic rings. The van der Waals surface area contributed by atoms with Crippen LogP contribution in [0.5, 0.6) is 0 Å². The molecular formula is C20H15Cl3N2O3S. The first kappa shape index (κ1) is 21.5. The van der Waals surface area contributed by atoms with Gasteiger partial charge in [0.15, 0.2) is 0 Å². The molecule has 0 bridgehead atoms. The minimum atomic E-state index is -4.00. The molecule has 0 aliphatic heterocycles. The fraction of sp³-hybridized carbons (Fsp3) is 0.0500. The van der Waals surface area contributed by atoms with Gasteiger partial charge < -0.3 is 5.32 Å². The first-order valence-electron chi connectivity index (χ1n) is 8.36. The molecule has 0 aromatic heterocycles. The van der Waals surface area contributed by atoms with Crippen LogP contribution in [0.25, 0.3) is 0 Å². The second kappa shape index (κ2) is 9.05. The van der Waals surface area contributed by atoms with Gasteiger partial charge in [-0.25, -0.2) is 8.42 Å². The zero-order chi connectivity index (χ0) is 21.0. The van der Waals surface area contributed by atoms with Gasteiger partial charge in [-0.15, -0.1) is 0 Å². The van der Waals surface area contributed by atoms with Gasteiger partial charge in [0.2, 0.25) is 5.91 Å². The Morgan fingerprint density at radius 2 is 1.52 bits per heavy atom. The van der Waals surface area contributed by atoms with Crippen molar-refractivity contribution in [2.45, 2.75) is 4.90 Å². The highest BCUT2D eigenvalue weighted by Gasteiger charge is 2.27. The fourth-order valence-electron chi connectivity index (χ4n) is 2.56. The van der Waals surface area contributed by atoms with Crippen LogP contribution in [0.3, 0.4) is 0 Å². The normalized spacial score (nSPS) is 11.1. The Morgan fingerprint density at radius 3 is 2.17 bits per heavy atom. The Hall–Kier alpha value is -2.25. The Balaban J connectivity index is 1.94. The van der Waals surface area contributed by atoms with Crippen LogP contribution in [0.2, 0.25) is 15.1 Å². The molecule has 0 atom stereocenters. The molecule has 29 heavy (non-hydrogen) atoms. The predicted molar refractivity (Wildman–Crippen MR) is 118 cm³/mol. The van der Waals surface area contributed by atoms with Crippen molar-refractivity contribution in [1.82, 2.24) is 0 Å². The average Bonchev–Trinajstić information content (AvgIpc) is 2.71. The zero-order valence-corrected chi connectivity index (χ0v) is 17.9. The summed E-state index contributed by atoms with van der Waals surface area (Å²) in [6, 6.07) is 18.8. The topological polar surface area (TPSA) is 66.5 Å². The molecule has 9 heteroatoms. The molecular weight excluding hydrogens is 455 g/mol. The maximum absolute atomic E-state index is 13.2. The summed E-state index contributed by atoms with van der Waals surface area (Å²) in [6.07, 6.45) is 0. The van der Waals surface area contributed by atoms with E-state index in [-0.39, 0.29) is 20.6 Å². The van der Waals surface area contributed by atoms with Crippen molar-refractivity contribution >= 4 is 62.1 Å². The van der Waals surface area contributed by atoms with Crippen LogP contribution in [-0.4, -0.2) is 20.9 Å². The van der Waals surface area contributed by atoms with Crippen LogP contribution in [0.4, 0.5) is 11.4 Å². The lowest BCUT2D eigenvalue weighted by Gasteiger charge is -2.24. The van der Waals surface area contributed by atoms with Gasteiger partial charge in [-0.05, 0) is 48.5 Å². The molecule has 0 heterocycles. The van der Waals surface area contributed by atoms with Crippen LogP contribution >= 0.6 is 34.8 Å². The highest BCUT2D eigenvalue weighted by atomic mass is 35.5. The van der Waals surface area contributed by atoms with Gasteiger partial charge in [0.05, 0.1) is 26.3 Å². The van der Waals surface area contributed by atoms with E-state index in [1.54, 1.807) is 48.5 Å². The lowest BCUT2D eigenvalue weighted by atomic mass is 10.3. The molecule has 0 saturated heterocycles. The Kier molecular flexibility index (Phi) is 6.70. The van der Waals surface area contributed by atoms with Crippen LogP contribution in [0, 0.1) is 0 Å². The third-order valence-electron chi connectivity index (χ3n) is 3.96. The molecule has 0 fully saturated rings. The summed E-state index contributed by atoms with van der Waals surface area (Å²) >= 11 is 18.0. The highest BCUT2D eigenvalue weighted by Crippen LogP contribution is 2.30. The predicted octanol–water partition coefficient (Wildman–Crippen LogP) is 5.48. The Labute approximate surface area is 183 Å². The van der Waals surface area contributed by atoms with Crippen LogP contribution in [0.15, 0.2) is 77.7 Å². The van der Waals surface area contributed by atoms with E-state index in [9.17, 15) is 13.2 Å². The second-order valence-electron chi connectivity index (χ2n) is 5.95.